The molecule has 0 aliphatic rings. The first-order valence-electron chi connectivity index (χ1n) is 3.21. The Morgan fingerprint density at radius 3 is 2.64 bits per heavy atom. The third-order valence-corrected chi connectivity index (χ3v) is 2.12. The van der Waals surface area contributed by atoms with Crippen molar-refractivity contribution in [2.24, 2.45) is 0 Å². The molecule has 3 heteroatoms. The topological polar surface area (TPSA) is 29.5 Å². The number of ether oxygens (including phenoxy) is 1. The Bertz CT molecular complexity index is 237. The van der Waals surface area contributed by atoms with E-state index in [0.717, 1.165) is 10.0 Å². The highest BCUT2D eigenvalue weighted by atomic mass is 79.9. The van der Waals surface area contributed by atoms with E-state index in [-0.39, 0.29) is 0 Å². The fraction of sp³-hybridized carbons (Fsp3) is 0.250. The molecule has 0 spiro atoms. The molecule has 0 heterocycles. The Morgan fingerprint density at radius 1 is 1.45 bits per heavy atom. The van der Waals surface area contributed by atoms with Crippen molar-refractivity contribution in [2.75, 3.05) is 7.11 Å². The van der Waals surface area contributed by atoms with Crippen LogP contribution in [0, 0.1) is 0 Å². The lowest BCUT2D eigenvalue weighted by molar-refractivity contribution is -0.0774. The Morgan fingerprint density at radius 2 is 2.09 bits per heavy atom. The van der Waals surface area contributed by atoms with Crippen molar-refractivity contribution in [1.82, 2.24) is 0 Å². The molecule has 0 aliphatic heterocycles. The predicted octanol–water partition coefficient (Wildman–Crippen LogP) is 2.09. The van der Waals surface area contributed by atoms with Crippen LogP contribution in [0.1, 0.15) is 11.9 Å². The van der Waals surface area contributed by atoms with Crippen LogP contribution in [-0.2, 0) is 4.74 Å². The number of halogens is 1. The van der Waals surface area contributed by atoms with E-state index in [4.69, 9.17) is 4.74 Å². The zero-order chi connectivity index (χ0) is 8.27. The summed E-state index contributed by atoms with van der Waals surface area (Å²) in [5, 5.41) is 9.26. The fourth-order valence-corrected chi connectivity index (χ4v) is 1.28. The molecule has 2 nitrogen and oxygen atoms in total. The molecular formula is C8H9BrO2. The number of hydrogen-bond acceptors (Lipinski definition) is 2. The molecule has 1 N–H and O–H groups in total. The summed E-state index contributed by atoms with van der Waals surface area (Å²) in [5.74, 6) is 0. The Labute approximate surface area is 73.9 Å². The molecule has 11 heavy (non-hydrogen) atoms. The van der Waals surface area contributed by atoms with Gasteiger partial charge in [0.2, 0.25) is 0 Å². The highest BCUT2D eigenvalue weighted by Gasteiger charge is 2.07. The van der Waals surface area contributed by atoms with Crippen LogP contribution in [0.25, 0.3) is 0 Å². The van der Waals surface area contributed by atoms with Gasteiger partial charge in [-0.15, -0.1) is 0 Å². The third-order valence-electron chi connectivity index (χ3n) is 1.39. The maximum atomic E-state index is 9.26. The van der Waals surface area contributed by atoms with Gasteiger partial charge in [-0.05, 0) is 6.07 Å². The van der Waals surface area contributed by atoms with Crippen molar-refractivity contribution >= 4 is 15.9 Å². The average molecular weight is 217 g/mol. The zero-order valence-electron chi connectivity index (χ0n) is 6.12. The summed E-state index contributed by atoms with van der Waals surface area (Å²) in [6.07, 6.45) is -0.842. The molecule has 0 bridgehead atoms. The number of methoxy groups -OCH3 is 1. The van der Waals surface area contributed by atoms with E-state index >= 15 is 0 Å². The summed E-state index contributed by atoms with van der Waals surface area (Å²) in [6, 6.07) is 7.40. The summed E-state index contributed by atoms with van der Waals surface area (Å²) < 4.78 is 5.60. The number of hydrogen-bond donors (Lipinski definition) is 1. The van der Waals surface area contributed by atoms with Gasteiger partial charge in [-0.2, -0.15) is 0 Å². The highest BCUT2D eigenvalue weighted by molar-refractivity contribution is 9.10. The van der Waals surface area contributed by atoms with Crippen LogP contribution in [-0.4, -0.2) is 12.2 Å². The van der Waals surface area contributed by atoms with E-state index in [9.17, 15) is 5.11 Å². The smallest absolute Gasteiger partial charge is 0.181 e. The summed E-state index contributed by atoms with van der Waals surface area (Å²) in [5.41, 5.74) is 0.745. The van der Waals surface area contributed by atoms with Crippen LogP contribution in [0.2, 0.25) is 0 Å². The molecule has 1 aromatic rings. The highest BCUT2D eigenvalue weighted by Crippen LogP contribution is 2.22. The Hall–Kier alpha value is -0.380. The fourth-order valence-electron chi connectivity index (χ4n) is 0.802. The normalized spacial score (nSPS) is 13.0. The van der Waals surface area contributed by atoms with E-state index < -0.39 is 6.29 Å². The van der Waals surface area contributed by atoms with E-state index in [1.165, 1.54) is 7.11 Å². The minimum atomic E-state index is -0.842. The lowest BCUT2D eigenvalue weighted by atomic mass is 10.2. The van der Waals surface area contributed by atoms with Crippen LogP contribution < -0.4 is 0 Å². The van der Waals surface area contributed by atoms with Gasteiger partial charge in [0, 0.05) is 17.1 Å². The molecule has 0 fully saturated rings. The maximum Gasteiger partial charge on any atom is 0.181 e. The van der Waals surface area contributed by atoms with Crippen LogP contribution in [0.3, 0.4) is 0 Å². The molecule has 0 radical (unpaired) electrons. The molecule has 1 aromatic carbocycles. The first-order valence-corrected chi connectivity index (χ1v) is 4.00. The minimum absolute atomic E-state index is 0.745. The number of benzene rings is 1. The summed E-state index contributed by atoms with van der Waals surface area (Å²) in [4.78, 5) is 0. The van der Waals surface area contributed by atoms with Crippen molar-refractivity contribution in [3.05, 3.63) is 34.3 Å². The van der Waals surface area contributed by atoms with Crippen molar-refractivity contribution in [1.29, 1.82) is 0 Å². The zero-order valence-corrected chi connectivity index (χ0v) is 7.71. The molecule has 60 valence electrons. The quantitative estimate of drug-likeness (QED) is 0.768. The summed E-state index contributed by atoms with van der Waals surface area (Å²) in [6.45, 7) is 0. The van der Waals surface area contributed by atoms with Gasteiger partial charge in [0.15, 0.2) is 6.29 Å². The van der Waals surface area contributed by atoms with Crippen LogP contribution >= 0.6 is 15.9 Å². The molecule has 0 saturated carbocycles. The van der Waals surface area contributed by atoms with Gasteiger partial charge in [0.1, 0.15) is 0 Å². The van der Waals surface area contributed by atoms with E-state index in [0.29, 0.717) is 0 Å². The Kier molecular flexibility index (Phi) is 3.05. The third kappa shape index (κ3) is 2.02. The molecule has 1 atom stereocenters. The van der Waals surface area contributed by atoms with Gasteiger partial charge in [-0.3, -0.25) is 0 Å². The van der Waals surface area contributed by atoms with Gasteiger partial charge in [0.25, 0.3) is 0 Å². The van der Waals surface area contributed by atoms with Crippen LogP contribution in [0.5, 0.6) is 0 Å². The number of aliphatic hydroxyl groups is 1. The van der Waals surface area contributed by atoms with Crippen molar-refractivity contribution in [2.45, 2.75) is 6.29 Å². The second kappa shape index (κ2) is 3.85. The monoisotopic (exact) mass is 216 g/mol. The molecule has 0 aliphatic carbocycles. The molecule has 0 amide bonds. The van der Waals surface area contributed by atoms with Crippen LogP contribution in [0.15, 0.2) is 28.7 Å². The molecule has 0 saturated heterocycles. The molecule has 1 unspecified atom stereocenters. The van der Waals surface area contributed by atoms with E-state index in [1.54, 1.807) is 6.07 Å². The first kappa shape index (κ1) is 8.71. The second-order valence-electron chi connectivity index (χ2n) is 2.11. The van der Waals surface area contributed by atoms with Gasteiger partial charge >= 0.3 is 0 Å². The number of aliphatic hydroxyl groups excluding tert-OH is 1. The van der Waals surface area contributed by atoms with Gasteiger partial charge in [0.05, 0.1) is 0 Å². The van der Waals surface area contributed by atoms with Gasteiger partial charge in [-0.25, -0.2) is 0 Å². The lowest BCUT2D eigenvalue weighted by Crippen LogP contribution is -1.99. The summed E-state index contributed by atoms with van der Waals surface area (Å²) >= 11 is 3.30. The van der Waals surface area contributed by atoms with Crippen molar-refractivity contribution in [3.8, 4) is 0 Å². The van der Waals surface area contributed by atoms with Gasteiger partial charge in [-0.1, -0.05) is 34.1 Å². The van der Waals surface area contributed by atoms with E-state index in [2.05, 4.69) is 15.9 Å². The summed E-state index contributed by atoms with van der Waals surface area (Å²) in [7, 11) is 1.46. The molecule has 1 rings (SSSR count). The van der Waals surface area contributed by atoms with Gasteiger partial charge < -0.3 is 9.84 Å². The van der Waals surface area contributed by atoms with E-state index in [1.807, 2.05) is 18.2 Å². The van der Waals surface area contributed by atoms with Crippen molar-refractivity contribution in [3.63, 3.8) is 0 Å². The standard InChI is InChI=1S/C8H9BrO2/c1-11-8(10)6-4-2-3-5-7(6)9/h2-5,8,10H,1H3. The largest absolute Gasteiger partial charge is 0.364 e. The lowest BCUT2D eigenvalue weighted by Gasteiger charge is -2.09. The van der Waals surface area contributed by atoms with Crippen molar-refractivity contribution < 1.29 is 9.84 Å². The first-order chi connectivity index (χ1) is 5.25. The average Bonchev–Trinajstić information content (AvgIpc) is 2.04. The SMILES string of the molecule is COC(O)c1ccccc1Br. The Balaban J connectivity index is 2.93. The van der Waals surface area contributed by atoms with Crippen LogP contribution in [0.4, 0.5) is 0 Å². The second-order valence-corrected chi connectivity index (χ2v) is 2.96. The maximum absolute atomic E-state index is 9.26. The molecular weight excluding hydrogens is 208 g/mol. The molecule has 0 aromatic heterocycles. The minimum Gasteiger partial charge on any atom is -0.364 e. The number of rotatable bonds is 2. The predicted molar refractivity (Wildman–Crippen MR) is 46.1 cm³/mol.